The molecule has 0 radical (unpaired) electrons. The number of rotatable bonds is 4. The summed E-state index contributed by atoms with van der Waals surface area (Å²) in [5, 5.41) is 21.2. The molecule has 0 fully saturated rings. The lowest BCUT2D eigenvalue weighted by atomic mass is 10.1. The van der Waals surface area contributed by atoms with Crippen LogP contribution in [0.4, 0.5) is 11.5 Å². The SMILES string of the molecule is Cc1cc(C#N)cc(C)c1Oc1cc(Nc2ccc(C#N)cc2)ncc1Br. The molecule has 1 heterocycles. The van der Waals surface area contributed by atoms with Crippen LogP contribution in [0.1, 0.15) is 22.3 Å². The number of ether oxygens (including phenoxy) is 1. The topological polar surface area (TPSA) is 81.7 Å². The molecule has 3 aromatic rings. The number of halogens is 1. The molecule has 0 saturated heterocycles. The molecular weight excluding hydrogens is 404 g/mol. The quantitative estimate of drug-likeness (QED) is 0.583. The first kappa shape index (κ1) is 18.4. The molecule has 3 rings (SSSR count). The van der Waals surface area contributed by atoms with Crippen molar-refractivity contribution in [1.29, 1.82) is 10.5 Å². The second kappa shape index (κ2) is 7.90. The van der Waals surface area contributed by atoms with E-state index in [1.165, 1.54) is 0 Å². The van der Waals surface area contributed by atoms with Gasteiger partial charge in [0.05, 0.1) is 27.7 Å². The minimum Gasteiger partial charge on any atom is -0.455 e. The summed E-state index contributed by atoms with van der Waals surface area (Å²) < 4.78 is 6.82. The van der Waals surface area contributed by atoms with Gasteiger partial charge in [-0.15, -0.1) is 0 Å². The number of aromatic nitrogens is 1. The molecule has 0 unspecified atom stereocenters. The van der Waals surface area contributed by atoms with Crippen LogP contribution in [0, 0.1) is 36.5 Å². The second-order valence-electron chi connectivity index (χ2n) is 5.97. The van der Waals surface area contributed by atoms with Gasteiger partial charge >= 0.3 is 0 Å². The third-order valence-corrected chi connectivity index (χ3v) is 4.50. The minimum absolute atomic E-state index is 0.597. The first-order chi connectivity index (χ1) is 13.0. The molecule has 2 aromatic carbocycles. The van der Waals surface area contributed by atoms with Crippen LogP contribution in [0.3, 0.4) is 0 Å². The van der Waals surface area contributed by atoms with Crippen molar-refractivity contribution < 1.29 is 4.74 Å². The third kappa shape index (κ3) is 4.25. The first-order valence-electron chi connectivity index (χ1n) is 8.12. The summed E-state index contributed by atoms with van der Waals surface area (Å²) in [7, 11) is 0. The van der Waals surface area contributed by atoms with Crippen molar-refractivity contribution in [3.8, 4) is 23.6 Å². The first-order valence-corrected chi connectivity index (χ1v) is 8.91. The van der Waals surface area contributed by atoms with Crippen molar-refractivity contribution >= 4 is 27.4 Å². The summed E-state index contributed by atoms with van der Waals surface area (Å²) in [5.41, 5.74) is 3.80. The number of nitrogens with zero attached hydrogens (tertiary/aromatic N) is 3. The maximum atomic E-state index is 9.09. The Morgan fingerprint density at radius 3 is 2.19 bits per heavy atom. The zero-order valence-corrected chi connectivity index (χ0v) is 16.3. The minimum atomic E-state index is 0.597. The summed E-state index contributed by atoms with van der Waals surface area (Å²) in [6.07, 6.45) is 1.66. The van der Waals surface area contributed by atoms with Crippen molar-refractivity contribution in [2.45, 2.75) is 13.8 Å². The number of benzene rings is 2. The fourth-order valence-electron chi connectivity index (χ4n) is 2.63. The molecule has 0 bridgehead atoms. The number of hydrogen-bond acceptors (Lipinski definition) is 5. The molecular formula is C21H15BrN4O. The summed E-state index contributed by atoms with van der Waals surface area (Å²) in [5.74, 6) is 1.93. The Hall–Kier alpha value is -3.35. The Morgan fingerprint density at radius 2 is 1.59 bits per heavy atom. The van der Waals surface area contributed by atoms with Crippen LogP contribution in [-0.2, 0) is 0 Å². The van der Waals surface area contributed by atoms with Crippen molar-refractivity contribution in [2.75, 3.05) is 5.32 Å². The van der Waals surface area contributed by atoms with Gasteiger partial charge in [0, 0.05) is 18.0 Å². The van der Waals surface area contributed by atoms with E-state index >= 15 is 0 Å². The molecule has 0 aliphatic rings. The van der Waals surface area contributed by atoms with E-state index in [0.29, 0.717) is 28.4 Å². The maximum absolute atomic E-state index is 9.09. The molecule has 0 aliphatic heterocycles. The summed E-state index contributed by atoms with van der Waals surface area (Å²) in [6.45, 7) is 3.82. The molecule has 1 N–H and O–H groups in total. The Bertz CT molecular complexity index is 1060. The molecule has 132 valence electrons. The highest BCUT2D eigenvalue weighted by Gasteiger charge is 2.11. The van der Waals surface area contributed by atoms with E-state index in [-0.39, 0.29) is 0 Å². The van der Waals surface area contributed by atoms with Crippen LogP contribution in [0.5, 0.6) is 11.5 Å². The lowest BCUT2D eigenvalue weighted by Crippen LogP contribution is -1.97. The predicted octanol–water partition coefficient (Wildman–Crippen LogP) is 5.74. The van der Waals surface area contributed by atoms with Gasteiger partial charge in [0.2, 0.25) is 0 Å². The van der Waals surface area contributed by atoms with Crippen LogP contribution >= 0.6 is 15.9 Å². The maximum Gasteiger partial charge on any atom is 0.146 e. The molecule has 0 aliphatic carbocycles. The van der Waals surface area contributed by atoms with Gasteiger partial charge in [-0.3, -0.25) is 0 Å². The van der Waals surface area contributed by atoms with Crippen LogP contribution < -0.4 is 10.1 Å². The van der Waals surface area contributed by atoms with Crippen molar-refractivity contribution in [2.24, 2.45) is 0 Å². The van der Waals surface area contributed by atoms with Crippen LogP contribution in [0.2, 0.25) is 0 Å². The smallest absolute Gasteiger partial charge is 0.146 e. The van der Waals surface area contributed by atoms with Gasteiger partial charge in [0.15, 0.2) is 0 Å². The lowest BCUT2D eigenvalue weighted by Gasteiger charge is -2.14. The van der Waals surface area contributed by atoms with Gasteiger partial charge in [-0.05, 0) is 77.3 Å². The van der Waals surface area contributed by atoms with Gasteiger partial charge in [-0.2, -0.15) is 10.5 Å². The standard InChI is InChI=1S/C21H15BrN4O/c1-13-7-16(11-24)8-14(2)21(13)27-19-9-20(25-12-18(19)22)26-17-5-3-15(10-23)4-6-17/h3-9,12H,1-2H3,(H,25,26). The van der Waals surface area contributed by atoms with Crippen molar-refractivity contribution in [1.82, 2.24) is 4.98 Å². The fourth-order valence-corrected chi connectivity index (χ4v) is 2.93. The van der Waals surface area contributed by atoms with E-state index in [1.807, 2.05) is 26.0 Å². The number of aryl methyl sites for hydroxylation is 2. The highest BCUT2D eigenvalue weighted by Crippen LogP contribution is 2.35. The lowest BCUT2D eigenvalue weighted by molar-refractivity contribution is 0.471. The summed E-state index contributed by atoms with van der Waals surface area (Å²) >= 11 is 3.47. The molecule has 0 spiro atoms. The number of anilines is 2. The number of hydrogen-bond donors (Lipinski definition) is 1. The average Bonchev–Trinajstić information content (AvgIpc) is 2.67. The monoisotopic (exact) mass is 418 g/mol. The van der Waals surface area contributed by atoms with E-state index in [0.717, 1.165) is 21.3 Å². The Morgan fingerprint density at radius 1 is 0.963 bits per heavy atom. The molecule has 5 nitrogen and oxygen atoms in total. The molecule has 0 saturated carbocycles. The van der Waals surface area contributed by atoms with Gasteiger partial charge in [-0.25, -0.2) is 4.98 Å². The zero-order valence-electron chi connectivity index (χ0n) is 14.7. The van der Waals surface area contributed by atoms with E-state index in [1.54, 1.807) is 36.5 Å². The number of nitriles is 2. The highest BCUT2D eigenvalue weighted by atomic mass is 79.9. The number of pyridine rings is 1. The van der Waals surface area contributed by atoms with Crippen LogP contribution in [-0.4, -0.2) is 4.98 Å². The zero-order chi connectivity index (χ0) is 19.4. The van der Waals surface area contributed by atoms with E-state index < -0.39 is 0 Å². The van der Waals surface area contributed by atoms with Gasteiger partial charge in [0.1, 0.15) is 17.3 Å². The Balaban J connectivity index is 1.88. The van der Waals surface area contributed by atoms with Gasteiger partial charge in [0.25, 0.3) is 0 Å². The highest BCUT2D eigenvalue weighted by molar-refractivity contribution is 9.10. The largest absolute Gasteiger partial charge is 0.455 e. The van der Waals surface area contributed by atoms with Crippen molar-refractivity contribution in [3.05, 3.63) is 75.4 Å². The molecule has 0 atom stereocenters. The van der Waals surface area contributed by atoms with Crippen LogP contribution in [0.25, 0.3) is 0 Å². The van der Waals surface area contributed by atoms with Gasteiger partial charge < -0.3 is 10.1 Å². The van der Waals surface area contributed by atoms with E-state index in [2.05, 4.69) is 38.4 Å². The van der Waals surface area contributed by atoms with Gasteiger partial charge in [-0.1, -0.05) is 0 Å². The normalized spacial score (nSPS) is 9.96. The summed E-state index contributed by atoms with van der Waals surface area (Å²) in [6, 6.07) is 16.7. The fraction of sp³-hybridized carbons (Fsp3) is 0.0952. The van der Waals surface area contributed by atoms with Crippen molar-refractivity contribution in [3.63, 3.8) is 0 Å². The Labute approximate surface area is 166 Å². The molecule has 1 aromatic heterocycles. The third-order valence-electron chi connectivity index (χ3n) is 3.91. The molecule has 0 amide bonds. The average molecular weight is 419 g/mol. The predicted molar refractivity (Wildman–Crippen MR) is 107 cm³/mol. The van der Waals surface area contributed by atoms with Crippen LogP contribution in [0.15, 0.2) is 53.1 Å². The Kier molecular flexibility index (Phi) is 5.40. The second-order valence-corrected chi connectivity index (χ2v) is 6.82. The van der Waals surface area contributed by atoms with E-state index in [4.69, 9.17) is 15.3 Å². The summed E-state index contributed by atoms with van der Waals surface area (Å²) in [4.78, 5) is 4.34. The van der Waals surface area contributed by atoms with E-state index in [9.17, 15) is 0 Å². The number of nitrogens with one attached hydrogen (secondary N) is 1. The molecule has 27 heavy (non-hydrogen) atoms. The molecule has 6 heteroatoms.